The molecule has 100 valence electrons. The first kappa shape index (κ1) is 12.3. The number of hydrogen-bond donors (Lipinski definition) is 1. The van der Waals surface area contributed by atoms with Gasteiger partial charge in [-0.2, -0.15) is 0 Å². The fraction of sp³-hybridized carbons (Fsp3) is 0.143. The van der Waals surface area contributed by atoms with E-state index in [0.717, 1.165) is 5.69 Å². The van der Waals surface area contributed by atoms with Crippen molar-refractivity contribution in [2.45, 2.75) is 6.54 Å². The number of hydrogen-bond acceptors (Lipinski definition) is 5. The van der Waals surface area contributed by atoms with Gasteiger partial charge in [0.15, 0.2) is 5.52 Å². The van der Waals surface area contributed by atoms with E-state index in [0.29, 0.717) is 24.1 Å². The van der Waals surface area contributed by atoms with Crippen LogP contribution in [-0.2, 0) is 6.54 Å². The molecule has 3 aromatic rings. The van der Waals surface area contributed by atoms with Crippen molar-refractivity contribution in [1.29, 1.82) is 0 Å². The van der Waals surface area contributed by atoms with Crippen molar-refractivity contribution in [2.75, 3.05) is 11.9 Å². The van der Waals surface area contributed by atoms with Crippen LogP contribution in [0, 0.1) is 0 Å². The van der Waals surface area contributed by atoms with E-state index in [-0.39, 0.29) is 5.56 Å². The van der Waals surface area contributed by atoms with Crippen molar-refractivity contribution in [3.63, 3.8) is 0 Å². The Morgan fingerprint density at radius 3 is 2.90 bits per heavy atom. The summed E-state index contributed by atoms with van der Waals surface area (Å²) < 4.78 is 1.55. The molecule has 3 rings (SSSR count). The molecule has 6 heteroatoms. The van der Waals surface area contributed by atoms with Crippen LogP contribution in [0.1, 0.15) is 0 Å². The lowest BCUT2D eigenvalue weighted by molar-refractivity contribution is 0.688. The largest absolute Gasteiger partial charge is 0.382 e. The highest BCUT2D eigenvalue weighted by molar-refractivity contribution is 5.71. The van der Waals surface area contributed by atoms with Crippen LogP contribution in [0.25, 0.3) is 11.0 Å². The Balaban J connectivity index is 1.75. The molecule has 6 nitrogen and oxygen atoms in total. The van der Waals surface area contributed by atoms with Gasteiger partial charge in [0, 0.05) is 31.7 Å². The SMILES string of the molecule is O=c1c2ncccc2ncn1CCNc1cccnc1. The second-order valence-electron chi connectivity index (χ2n) is 4.28. The van der Waals surface area contributed by atoms with Gasteiger partial charge in [0.05, 0.1) is 17.5 Å². The van der Waals surface area contributed by atoms with Gasteiger partial charge in [-0.05, 0) is 24.3 Å². The number of nitrogens with zero attached hydrogens (tertiary/aromatic N) is 4. The van der Waals surface area contributed by atoms with Crippen molar-refractivity contribution in [1.82, 2.24) is 19.5 Å². The summed E-state index contributed by atoms with van der Waals surface area (Å²) in [5.74, 6) is 0. The molecule has 0 aliphatic carbocycles. The first-order valence-electron chi connectivity index (χ1n) is 6.29. The Bertz CT molecular complexity index is 769. The topological polar surface area (TPSA) is 72.7 Å². The zero-order valence-electron chi connectivity index (χ0n) is 10.7. The minimum absolute atomic E-state index is 0.122. The van der Waals surface area contributed by atoms with Crippen LogP contribution in [0.3, 0.4) is 0 Å². The number of anilines is 1. The lowest BCUT2D eigenvalue weighted by Crippen LogP contribution is -2.24. The standard InChI is InChI=1S/C14H13N5O/c20-14-13-12(4-2-6-17-13)18-10-19(14)8-7-16-11-3-1-5-15-9-11/h1-6,9-10,16H,7-8H2. The van der Waals surface area contributed by atoms with E-state index < -0.39 is 0 Å². The lowest BCUT2D eigenvalue weighted by atomic mass is 10.3. The molecule has 0 amide bonds. The molecule has 20 heavy (non-hydrogen) atoms. The predicted octanol–water partition coefficient (Wildman–Crippen LogP) is 1.30. The molecule has 0 aliphatic heterocycles. The third kappa shape index (κ3) is 2.49. The summed E-state index contributed by atoms with van der Waals surface area (Å²) >= 11 is 0. The minimum atomic E-state index is -0.122. The fourth-order valence-corrected chi connectivity index (χ4v) is 1.93. The molecule has 1 N–H and O–H groups in total. The van der Waals surface area contributed by atoms with Gasteiger partial charge in [-0.1, -0.05) is 0 Å². The van der Waals surface area contributed by atoms with Gasteiger partial charge in [0.2, 0.25) is 0 Å². The van der Waals surface area contributed by atoms with Crippen molar-refractivity contribution in [3.05, 3.63) is 59.5 Å². The lowest BCUT2D eigenvalue weighted by Gasteiger charge is -2.08. The van der Waals surface area contributed by atoms with Crippen molar-refractivity contribution < 1.29 is 0 Å². The highest BCUT2D eigenvalue weighted by Gasteiger charge is 2.03. The van der Waals surface area contributed by atoms with Crippen LogP contribution in [-0.4, -0.2) is 26.1 Å². The Kier molecular flexibility index (Phi) is 3.36. The molecular formula is C14H13N5O. The molecule has 0 atom stereocenters. The van der Waals surface area contributed by atoms with E-state index in [9.17, 15) is 4.79 Å². The first-order chi connectivity index (χ1) is 9.84. The Labute approximate surface area is 115 Å². The van der Waals surface area contributed by atoms with E-state index >= 15 is 0 Å². The summed E-state index contributed by atoms with van der Waals surface area (Å²) in [5.41, 5.74) is 1.82. The van der Waals surface area contributed by atoms with Gasteiger partial charge in [-0.25, -0.2) is 9.97 Å². The van der Waals surface area contributed by atoms with Crippen molar-refractivity contribution >= 4 is 16.7 Å². The minimum Gasteiger partial charge on any atom is -0.382 e. The van der Waals surface area contributed by atoms with Crippen LogP contribution >= 0.6 is 0 Å². The summed E-state index contributed by atoms with van der Waals surface area (Å²) in [6, 6.07) is 7.33. The van der Waals surface area contributed by atoms with E-state index in [2.05, 4.69) is 20.3 Å². The van der Waals surface area contributed by atoms with Crippen LogP contribution in [0.15, 0.2) is 54.0 Å². The van der Waals surface area contributed by atoms with Gasteiger partial charge in [0.1, 0.15) is 0 Å². The fourth-order valence-electron chi connectivity index (χ4n) is 1.93. The average molecular weight is 267 g/mol. The molecule has 0 saturated carbocycles. The molecule has 3 heterocycles. The first-order valence-corrected chi connectivity index (χ1v) is 6.29. The van der Waals surface area contributed by atoms with Gasteiger partial charge in [-0.15, -0.1) is 0 Å². The number of fused-ring (bicyclic) bond motifs is 1. The summed E-state index contributed by atoms with van der Waals surface area (Å²) in [6.45, 7) is 1.14. The van der Waals surface area contributed by atoms with Crippen molar-refractivity contribution in [2.24, 2.45) is 0 Å². The highest BCUT2D eigenvalue weighted by atomic mass is 16.1. The maximum Gasteiger partial charge on any atom is 0.279 e. The molecule has 0 saturated heterocycles. The third-order valence-corrected chi connectivity index (χ3v) is 2.93. The Hall–Kier alpha value is -2.76. The van der Waals surface area contributed by atoms with E-state index in [1.54, 1.807) is 41.6 Å². The van der Waals surface area contributed by atoms with Crippen LogP contribution in [0.5, 0.6) is 0 Å². The monoisotopic (exact) mass is 267 g/mol. The second-order valence-corrected chi connectivity index (χ2v) is 4.28. The predicted molar refractivity (Wildman–Crippen MR) is 76.5 cm³/mol. The second kappa shape index (κ2) is 5.48. The van der Waals surface area contributed by atoms with Gasteiger partial charge in [-0.3, -0.25) is 14.3 Å². The molecule has 0 bridgehead atoms. The normalized spacial score (nSPS) is 10.6. The quantitative estimate of drug-likeness (QED) is 0.771. The van der Waals surface area contributed by atoms with Crippen LogP contribution in [0.4, 0.5) is 5.69 Å². The average Bonchev–Trinajstić information content (AvgIpc) is 2.51. The number of nitrogens with one attached hydrogen (secondary N) is 1. The zero-order chi connectivity index (χ0) is 13.8. The molecule has 0 unspecified atom stereocenters. The van der Waals surface area contributed by atoms with E-state index in [1.807, 2.05) is 12.1 Å². The smallest absolute Gasteiger partial charge is 0.279 e. The molecule has 0 radical (unpaired) electrons. The van der Waals surface area contributed by atoms with Gasteiger partial charge < -0.3 is 5.32 Å². The molecule has 0 aliphatic rings. The maximum atomic E-state index is 12.2. The molecule has 0 spiro atoms. The zero-order valence-corrected chi connectivity index (χ0v) is 10.7. The summed E-state index contributed by atoms with van der Waals surface area (Å²) in [4.78, 5) is 24.5. The molecule has 3 aromatic heterocycles. The number of rotatable bonds is 4. The van der Waals surface area contributed by atoms with Crippen LogP contribution in [0.2, 0.25) is 0 Å². The molecule has 0 aromatic carbocycles. The van der Waals surface area contributed by atoms with E-state index in [4.69, 9.17) is 0 Å². The van der Waals surface area contributed by atoms with Gasteiger partial charge >= 0.3 is 0 Å². The van der Waals surface area contributed by atoms with Crippen molar-refractivity contribution in [3.8, 4) is 0 Å². The highest BCUT2D eigenvalue weighted by Crippen LogP contribution is 2.03. The maximum absolute atomic E-state index is 12.2. The summed E-state index contributed by atoms with van der Waals surface area (Å²) in [5, 5.41) is 3.20. The Morgan fingerprint density at radius 2 is 2.05 bits per heavy atom. The number of pyridine rings is 2. The number of aromatic nitrogens is 4. The molecule has 0 fully saturated rings. The van der Waals surface area contributed by atoms with E-state index in [1.165, 1.54) is 0 Å². The summed E-state index contributed by atoms with van der Waals surface area (Å²) in [7, 11) is 0. The molecular weight excluding hydrogens is 254 g/mol. The summed E-state index contributed by atoms with van der Waals surface area (Å²) in [6.07, 6.45) is 6.61. The van der Waals surface area contributed by atoms with Crippen LogP contribution < -0.4 is 10.9 Å². The van der Waals surface area contributed by atoms with Gasteiger partial charge in [0.25, 0.3) is 5.56 Å². The Morgan fingerprint density at radius 1 is 1.15 bits per heavy atom. The third-order valence-electron chi connectivity index (χ3n) is 2.93.